The minimum absolute atomic E-state index is 0.290. The van der Waals surface area contributed by atoms with Gasteiger partial charge in [-0.1, -0.05) is 29.3 Å². The SMILES string of the molecule is O=CN1CCN(c2ccc(OC[C@H]3CO[C@@](Cn4ccnc4)(c4ccc(Cl)cc4Cl)O3)cc2)CC1. The summed E-state index contributed by atoms with van der Waals surface area (Å²) in [7, 11) is 0. The quantitative estimate of drug-likeness (QED) is 0.424. The number of aromatic nitrogens is 2. The van der Waals surface area contributed by atoms with Gasteiger partial charge in [-0.25, -0.2) is 4.98 Å². The van der Waals surface area contributed by atoms with Crippen LogP contribution in [-0.2, 0) is 26.6 Å². The van der Waals surface area contributed by atoms with E-state index in [9.17, 15) is 4.79 Å². The van der Waals surface area contributed by atoms with E-state index < -0.39 is 5.79 Å². The molecule has 1 aromatic heterocycles. The maximum atomic E-state index is 10.9. The van der Waals surface area contributed by atoms with Gasteiger partial charge in [0, 0.05) is 54.8 Å². The van der Waals surface area contributed by atoms with Gasteiger partial charge in [0.2, 0.25) is 12.2 Å². The number of hydrogen-bond donors (Lipinski definition) is 0. The lowest BCUT2D eigenvalue weighted by Gasteiger charge is -2.34. The van der Waals surface area contributed by atoms with Gasteiger partial charge in [-0.05, 0) is 36.4 Å². The minimum Gasteiger partial charge on any atom is -0.491 e. The lowest BCUT2D eigenvalue weighted by atomic mass is 10.1. The van der Waals surface area contributed by atoms with Crippen molar-refractivity contribution in [3.05, 3.63) is 76.8 Å². The summed E-state index contributed by atoms with van der Waals surface area (Å²) in [4.78, 5) is 19.1. The molecule has 0 unspecified atom stereocenters. The molecule has 2 saturated heterocycles. The highest BCUT2D eigenvalue weighted by Crippen LogP contribution is 2.40. The van der Waals surface area contributed by atoms with E-state index in [0.717, 1.165) is 44.0 Å². The predicted octanol–water partition coefficient (Wildman–Crippen LogP) is 3.82. The van der Waals surface area contributed by atoms with Gasteiger partial charge in [-0.3, -0.25) is 4.79 Å². The molecule has 0 saturated carbocycles. The van der Waals surface area contributed by atoms with Crippen LogP contribution >= 0.6 is 23.2 Å². The zero-order valence-corrected chi connectivity index (χ0v) is 20.6. The molecule has 2 atom stereocenters. The summed E-state index contributed by atoms with van der Waals surface area (Å²) in [5.41, 5.74) is 1.82. The van der Waals surface area contributed by atoms with Crippen molar-refractivity contribution in [3.63, 3.8) is 0 Å². The molecule has 2 aliphatic heterocycles. The summed E-state index contributed by atoms with van der Waals surface area (Å²) in [5.74, 6) is -0.329. The molecule has 0 aliphatic carbocycles. The van der Waals surface area contributed by atoms with Crippen LogP contribution in [0, 0.1) is 0 Å². The van der Waals surface area contributed by atoms with Crippen molar-refractivity contribution in [1.29, 1.82) is 0 Å². The van der Waals surface area contributed by atoms with Crippen molar-refractivity contribution < 1.29 is 19.0 Å². The van der Waals surface area contributed by atoms with Gasteiger partial charge in [0.05, 0.1) is 24.5 Å². The molecular weight excluding hydrogens is 491 g/mol. The highest BCUT2D eigenvalue weighted by Gasteiger charge is 2.45. The first-order valence-electron chi connectivity index (χ1n) is 11.4. The summed E-state index contributed by atoms with van der Waals surface area (Å²) in [6, 6.07) is 13.3. The fourth-order valence-electron chi connectivity index (χ4n) is 4.40. The molecule has 35 heavy (non-hydrogen) atoms. The summed E-state index contributed by atoms with van der Waals surface area (Å²) in [6.45, 7) is 4.17. The highest BCUT2D eigenvalue weighted by molar-refractivity contribution is 6.35. The molecule has 8 nitrogen and oxygen atoms in total. The van der Waals surface area contributed by atoms with Crippen molar-refractivity contribution in [2.24, 2.45) is 0 Å². The molecule has 3 aromatic rings. The zero-order valence-electron chi connectivity index (χ0n) is 19.1. The lowest BCUT2D eigenvalue weighted by molar-refractivity contribution is -0.189. The Kier molecular flexibility index (Phi) is 7.15. The van der Waals surface area contributed by atoms with Crippen molar-refractivity contribution in [3.8, 4) is 5.75 Å². The number of piperazine rings is 1. The molecule has 5 rings (SSSR count). The molecule has 2 fully saturated rings. The Morgan fingerprint density at radius 3 is 2.60 bits per heavy atom. The van der Waals surface area contributed by atoms with Crippen molar-refractivity contribution in [2.45, 2.75) is 18.4 Å². The number of ether oxygens (including phenoxy) is 3. The first kappa shape index (κ1) is 23.9. The fourth-order valence-corrected chi connectivity index (χ4v) is 4.96. The topological polar surface area (TPSA) is 69.1 Å². The standard InChI is InChI=1S/C25H26Cl2N4O4/c26-19-1-6-23(24(27)13-19)25(16-30-8-7-28-17-30)34-15-22(35-25)14-33-21-4-2-20(3-5-21)31-11-9-29(18-32)10-12-31/h1-8,13,17-18,22H,9-12,14-16H2/t22-,25+/m0/s1. The number of carbonyl (C=O) groups excluding carboxylic acids is 1. The van der Waals surface area contributed by atoms with Gasteiger partial charge < -0.3 is 28.6 Å². The zero-order chi connectivity index (χ0) is 24.3. The third-order valence-corrected chi connectivity index (χ3v) is 6.80. The number of rotatable bonds is 8. The van der Waals surface area contributed by atoms with Crippen molar-refractivity contribution >= 4 is 35.3 Å². The van der Waals surface area contributed by atoms with E-state index in [4.69, 9.17) is 37.4 Å². The monoisotopic (exact) mass is 516 g/mol. The Morgan fingerprint density at radius 1 is 1.11 bits per heavy atom. The molecule has 0 radical (unpaired) electrons. The first-order chi connectivity index (χ1) is 17.0. The van der Waals surface area contributed by atoms with Gasteiger partial charge in [0.1, 0.15) is 18.5 Å². The second kappa shape index (κ2) is 10.5. The van der Waals surface area contributed by atoms with Crippen LogP contribution < -0.4 is 9.64 Å². The summed E-state index contributed by atoms with van der Waals surface area (Å²) >= 11 is 12.6. The van der Waals surface area contributed by atoms with E-state index in [1.165, 1.54) is 0 Å². The highest BCUT2D eigenvalue weighted by atomic mass is 35.5. The number of carbonyl (C=O) groups is 1. The number of anilines is 1. The lowest BCUT2D eigenvalue weighted by Crippen LogP contribution is -2.45. The second-order valence-corrected chi connectivity index (χ2v) is 9.44. The number of benzene rings is 2. The van der Waals surface area contributed by atoms with Crippen LogP contribution in [0.2, 0.25) is 10.0 Å². The average molecular weight is 517 g/mol. The second-order valence-electron chi connectivity index (χ2n) is 8.60. The molecule has 2 aliphatic rings. The largest absolute Gasteiger partial charge is 0.491 e. The first-order valence-corrected chi connectivity index (χ1v) is 12.2. The molecule has 3 heterocycles. The van der Waals surface area contributed by atoms with Crippen LogP contribution in [0.4, 0.5) is 5.69 Å². The van der Waals surface area contributed by atoms with Gasteiger partial charge in [0.25, 0.3) is 0 Å². The normalized spacial score (nSPS) is 22.4. The Morgan fingerprint density at radius 2 is 1.91 bits per heavy atom. The van der Waals surface area contributed by atoms with Crippen LogP contribution in [0.25, 0.3) is 0 Å². The number of nitrogens with zero attached hydrogens (tertiary/aromatic N) is 4. The molecule has 1 amide bonds. The van der Waals surface area contributed by atoms with Crippen LogP contribution in [0.5, 0.6) is 5.75 Å². The molecular formula is C25H26Cl2N4O4. The van der Waals surface area contributed by atoms with Crippen molar-refractivity contribution in [2.75, 3.05) is 44.3 Å². The summed E-state index contributed by atoms with van der Waals surface area (Å²) in [6.07, 6.45) is 5.89. The van der Waals surface area contributed by atoms with E-state index in [-0.39, 0.29) is 6.10 Å². The Hall–Kier alpha value is -2.78. The molecule has 0 spiro atoms. The molecule has 184 valence electrons. The maximum absolute atomic E-state index is 10.9. The smallest absolute Gasteiger partial charge is 0.215 e. The molecule has 10 heteroatoms. The van der Waals surface area contributed by atoms with Gasteiger partial charge in [-0.2, -0.15) is 0 Å². The number of imidazole rings is 1. The maximum Gasteiger partial charge on any atom is 0.215 e. The third-order valence-electron chi connectivity index (χ3n) is 6.25. The van der Waals surface area contributed by atoms with E-state index in [1.54, 1.807) is 29.6 Å². The van der Waals surface area contributed by atoms with E-state index in [2.05, 4.69) is 9.88 Å². The third kappa shape index (κ3) is 5.41. The van der Waals surface area contributed by atoms with Crippen LogP contribution in [0.15, 0.2) is 61.2 Å². The van der Waals surface area contributed by atoms with E-state index in [0.29, 0.717) is 35.4 Å². The minimum atomic E-state index is -1.08. The Balaban J connectivity index is 1.23. The van der Waals surface area contributed by atoms with Crippen LogP contribution in [-0.4, -0.2) is 66.4 Å². The van der Waals surface area contributed by atoms with E-state index in [1.807, 2.05) is 41.1 Å². The molecule has 0 N–H and O–H groups in total. The summed E-state index contributed by atoms with van der Waals surface area (Å²) in [5, 5.41) is 1.02. The van der Waals surface area contributed by atoms with E-state index >= 15 is 0 Å². The van der Waals surface area contributed by atoms with Gasteiger partial charge in [0.15, 0.2) is 0 Å². The number of hydrogen-bond acceptors (Lipinski definition) is 6. The summed E-state index contributed by atoms with van der Waals surface area (Å²) < 4.78 is 20.6. The molecule has 0 bridgehead atoms. The Bertz CT molecular complexity index is 1140. The van der Waals surface area contributed by atoms with Gasteiger partial charge in [-0.15, -0.1) is 0 Å². The Labute approximate surface area is 213 Å². The fraction of sp³-hybridized carbons (Fsp3) is 0.360. The average Bonchev–Trinajstić information content (AvgIpc) is 3.54. The number of halogens is 2. The number of amides is 1. The predicted molar refractivity (Wildman–Crippen MR) is 133 cm³/mol. The van der Waals surface area contributed by atoms with Crippen LogP contribution in [0.1, 0.15) is 5.56 Å². The van der Waals surface area contributed by atoms with Gasteiger partial charge >= 0.3 is 0 Å². The van der Waals surface area contributed by atoms with Crippen molar-refractivity contribution in [1.82, 2.24) is 14.5 Å². The van der Waals surface area contributed by atoms with Crippen LogP contribution in [0.3, 0.4) is 0 Å². The molecule has 2 aromatic carbocycles.